The van der Waals surface area contributed by atoms with Gasteiger partial charge in [-0.3, -0.25) is 4.79 Å². The third-order valence-electron chi connectivity index (χ3n) is 4.03. The first-order chi connectivity index (χ1) is 12.2. The summed E-state index contributed by atoms with van der Waals surface area (Å²) in [7, 11) is -2.54. The third kappa shape index (κ3) is 4.89. The second-order valence-electron chi connectivity index (χ2n) is 6.41. The van der Waals surface area contributed by atoms with Gasteiger partial charge in [-0.15, -0.1) is 0 Å². The summed E-state index contributed by atoms with van der Waals surface area (Å²) < 4.78 is 38.9. The van der Waals surface area contributed by atoms with E-state index in [0.717, 1.165) is 22.0 Å². The van der Waals surface area contributed by atoms with Crippen molar-refractivity contribution in [2.24, 2.45) is 5.92 Å². The fourth-order valence-corrected chi connectivity index (χ4v) is 3.72. The highest BCUT2D eigenvalue weighted by Gasteiger charge is 2.25. The summed E-state index contributed by atoms with van der Waals surface area (Å²) in [5.41, 5.74) is 0.958. The minimum atomic E-state index is -3.87. The van der Waals surface area contributed by atoms with Gasteiger partial charge in [0.15, 0.2) is 0 Å². The maximum atomic E-state index is 13.0. The van der Waals surface area contributed by atoms with E-state index in [9.17, 15) is 17.6 Å². The SMILES string of the molecule is CC(C)C(NC(=O)CN(C)S(=O)(=O)c1ccc(F)cc1)c1ccccc1. The Morgan fingerprint density at radius 2 is 1.65 bits per heavy atom. The number of halogens is 1. The van der Waals surface area contributed by atoms with Crippen LogP contribution in [0.5, 0.6) is 0 Å². The zero-order valence-electron chi connectivity index (χ0n) is 15.0. The van der Waals surface area contributed by atoms with Crippen molar-refractivity contribution in [1.29, 1.82) is 0 Å². The molecule has 0 aliphatic carbocycles. The van der Waals surface area contributed by atoms with Crippen molar-refractivity contribution in [2.75, 3.05) is 13.6 Å². The molecule has 7 heteroatoms. The standard InChI is InChI=1S/C19H23FN2O3S/c1-14(2)19(15-7-5-4-6-8-15)21-18(23)13-22(3)26(24,25)17-11-9-16(20)10-12-17/h4-12,14,19H,13H2,1-3H3,(H,21,23). The Hall–Kier alpha value is -2.25. The summed E-state index contributed by atoms with van der Waals surface area (Å²) in [5.74, 6) is -0.784. The lowest BCUT2D eigenvalue weighted by Crippen LogP contribution is -2.41. The van der Waals surface area contributed by atoms with Gasteiger partial charge < -0.3 is 5.32 Å². The smallest absolute Gasteiger partial charge is 0.243 e. The van der Waals surface area contributed by atoms with Crippen LogP contribution in [0.15, 0.2) is 59.5 Å². The fraction of sp³-hybridized carbons (Fsp3) is 0.316. The van der Waals surface area contributed by atoms with Crippen LogP contribution in [0.25, 0.3) is 0 Å². The number of rotatable bonds is 7. The van der Waals surface area contributed by atoms with E-state index in [-0.39, 0.29) is 23.4 Å². The monoisotopic (exact) mass is 378 g/mol. The van der Waals surface area contributed by atoms with Crippen LogP contribution in [0, 0.1) is 11.7 Å². The first kappa shape index (κ1) is 20.1. The van der Waals surface area contributed by atoms with Gasteiger partial charge in [0.25, 0.3) is 0 Å². The number of nitrogens with one attached hydrogen (secondary N) is 1. The summed E-state index contributed by atoms with van der Waals surface area (Å²) >= 11 is 0. The minimum Gasteiger partial charge on any atom is -0.348 e. The van der Waals surface area contributed by atoms with E-state index in [0.29, 0.717) is 0 Å². The molecule has 26 heavy (non-hydrogen) atoms. The lowest BCUT2D eigenvalue weighted by Gasteiger charge is -2.24. The molecule has 2 aromatic rings. The van der Waals surface area contributed by atoms with Crippen LogP contribution in [0.2, 0.25) is 0 Å². The van der Waals surface area contributed by atoms with E-state index in [4.69, 9.17) is 0 Å². The first-order valence-corrected chi connectivity index (χ1v) is 9.72. The molecule has 0 aliphatic heterocycles. The molecule has 1 amide bonds. The second-order valence-corrected chi connectivity index (χ2v) is 8.46. The highest BCUT2D eigenvalue weighted by Crippen LogP contribution is 2.21. The third-order valence-corrected chi connectivity index (χ3v) is 5.85. The highest BCUT2D eigenvalue weighted by atomic mass is 32.2. The number of likely N-dealkylation sites (N-methyl/N-ethyl adjacent to an activating group) is 1. The molecule has 0 heterocycles. The lowest BCUT2D eigenvalue weighted by atomic mass is 9.96. The first-order valence-electron chi connectivity index (χ1n) is 8.28. The topological polar surface area (TPSA) is 66.5 Å². The van der Waals surface area contributed by atoms with Gasteiger partial charge in [-0.2, -0.15) is 4.31 Å². The largest absolute Gasteiger partial charge is 0.348 e. The Balaban J connectivity index is 2.09. The molecule has 2 aromatic carbocycles. The van der Waals surface area contributed by atoms with Gasteiger partial charge in [-0.1, -0.05) is 44.2 Å². The molecular formula is C19H23FN2O3S. The summed E-state index contributed by atoms with van der Waals surface area (Å²) in [4.78, 5) is 12.3. The van der Waals surface area contributed by atoms with Crippen molar-refractivity contribution in [1.82, 2.24) is 9.62 Å². The number of carbonyl (C=O) groups is 1. The average Bonchev–Trinajstić information content (AvgIpc) is 2.60. The van der Waals surface area contributed by atoms with Gasteiger partial charge in [-0.05, 0) is 35.7 Å². The molecule has 0 aliphatic rings. The van der Waals surface area contributed by atoms with Crippen LogP contribution in [-0.2, 0) is 14.8 Å². The predicted octanol–water partition coefficient (Wildman–Crippen LogP) is 2.96. The number of hydrogen-bond acceptors (Lipinski definition) is 3. The molecule has 1 unspecified atom stereocenters. The number of hydrogen-bond donors (Lipinski definition) is 1. The van der Waals surface area contributed by atoms with Crippen LogP contribution in [0.4, 0.5) is 4.39 Å². The quantitative estimate of drug-likeness (QED) is 0.806. The van der Waals surface area contributed by atoms with E-state index in [1.165, 1.54) is 19.2 Å². The van der Waals surface area contributed by atoms with Gasteiger partial charge in [0, 0.05) is 7.05 Å². The minimum absolute atomic E-state index is 0.0577. The van der Waals surface area contributed by atoms with Crippen molar-refractivity contribution in [2.45, 2.75) is 24.8 Å². The predicted molar refractivity (Wildman–Crippen MR) is 98.4 cm³/mol. The van der Waals surface area contributed by atoms with Gasteiger partial charge in [0.1, 0.15) is 5.82 Å². The second kappa shape index (κ2) is 8.42. The van der Waals surface area contributed by atoms with E-state index >= 15 is 0 Å². The zero-order valence-corrected chi connectivity index (χ0v) is 15.8. The number of carbonyl (C=O) groups excluding carboxylic acids is 1. The summed E-state index contributed by atoms with van der Waals surface area (Å²) in [6.45, 7) is 3.64. The average molecular weight is 378 g/mol. The van der Waals surface area contributed by atoms with E-state index in [2.05, 4.69) is 5.32 Å². The van der Waals surface area contributed by atoms with E-state index in [1.807, 2.05) is 44.2 Å². The van der Waals surface area contributed by atoms with Crippen LogP contribution in [-0.4, -0.2) is 32.2 Å². The molecule has 0 radical (unpaired) electrons. The van der Waals surface area contributed by atoms with Crippen molar-refractivity contribution in [3.63, 3.8) is 0 Å². The zero-order chi connectivity index (χ0) is 19.3. The molecule has 0 aromatic heterocycles. The molecule has 0 spiro atoms. The Kier molecular flexibility index (Phi) is 6.50. The molecule has 140 valence electrons. The molecule has 1 atom stereocenters. The molecule has 1 N–H and O–H groups in total. The molecule has 0 saturated heterocycles. The number of amides is 1. The molecule has 0 fully saturated rings. The molecule has 2 rings (SSSR count). The fourth-order valence-electron chi connectivity index (χ4n) is 2.59. The summed E-state index contributed by atoms with van der Waals surface area (Å²) in [6, 6.07) is 13.8. The highest BCUT2D eigenvalue weighted by molar-refractivity contribution is 7.89. The van der Waals surface area contributed by atoms with Crippen molar-refractivity contribution < 1.29 is 17.6 Å². The lowest BCUT2D eigenvalue weighted by molar-refractivity contribution is -0.122. The Labute approximate surface area is 153 Å². The van der Waals surface area contributed by atoms with E-state index < -0.39 is 21.7 Å². The van der Waals surface area contributed by atoms with Crippen molar-refractivity contribution in [3.8, 4) is 0 Å². The molecule has 5 nitrogen and oxygen atoms in total. The molecule has 0 bridgehead atoms. The Morgan fingerprint density at radius 3 is 2.19 bits per heavy atom. The summed E-state index contributed by atoms with van der Waals surface area (Å²) in [6.07, 6.45) is 0. The number of sulfonamides is 1. The normalized spacial score (nSPS) is 13.0. The van der Waals surface area contributed by atoms with E-state index in [1.54, 1.807) is 0 Å². The summed E-state index contributed by atoms with van der Waals surface area (Å²) in [5, 5.41) is 2.89. The Bertz CT molecular complexity index is 837. The molecule has 0 saturated carbocycles. The van der Waals surface area contributed by atoms with Crippen LogP contribution >= 0.6 is 0 Å². The molecular weight excluding hydrogens is 355 g/mol. The van der Waals surface area contributed by atoms with Gasteiger partial charge >= 0.3 is 0 Å². The van der Waals surface area contributed by atoms with Crippen LogP contribution in [0.3, 0.4) is 0 Å². The van der Waals surface area contributed by atoms with Crippen LogP contribution in [0.1, 0.15) is 25.5 Å². The van der Waals surface area contributed by atoms with Crippen molar-refractivity contribution >= 4 is 15.9 Å². The van der Waals surface area contributed by atoms with Gasteiger partial charge in [-0.25, -0.2) is 12.8 Å². The maximum absolute atomic E-state index is 13.0. The van der Waals surface area contributed by atoms with Gasteiger partial charge in [0.2, 0.25) is 15.9 Å². The number of benzene rings is 2. The van der Waals surface area contributed by atoms with Crippen LogP contribution < -0.4 is 5.32 Å². The Morgan fingerprint density at radius 1 is 1.08 bits per heavy atom. The van der Waals surface area contributed by atoms with Crippen molar-refractivity contribution in [3.05, 3.63) is 66.0 Å². The van der Waals surface area contributed by atoms with Gasteiger partial charge in [0.05, 0.1) is 17.5 Å². The maximum Gasteiger partial charge on any atom is 0.243 e. The number of nitrogens with zero attached hydrogens (tertiary/aromatic N) is 1.